The number of carbonyl (C=O) groups excluding carboxylic acids is 3. The molecule has 3 amide bonds. The van der Waals surface area contributed by atoms with Gasteiger partial charge in [-0.2, -0.15) is 5.01 Å². The summed E-state index contributed by atoms with van der Waals surface area (Å²) in [6, 6.07) is 6.28. The van der Waals surface area contributed by atoms with Crippen molar-refractivity contribution in [2.75, 3.05) is 0 Å². The number of hydrogen-bond donors (Lipinski definition) is 1. The lowest BCUT2D eigenvalue weighted by molar-refractivity contribution is -0.142. The van der Waals surface area contributed by atoms with E-state index in [0.29, 0.717) is 10.6 Å². The van der Waals surface area contributed by atoms with Crippen LogP contribution in [-0.4, -0.2) is 22.7 Å². The third-order valence-corrected chi connectivity index (χ3v) is 4.41. The first-order chi connectivity index (χ1) is 10.1. The zero-order chi connectivity index (χ0) is 15.0. The van der Waals surface area contributed by atoms with Crippen molar-refractivity contribution >= 4 is 29.3 Å². The van der Waals surface area contributed by atoms with Crippen molar-refractivity contribution < 1.29 is 14.4 Å². The van der Waals surface area contributed by atoms with Gasteiger partial charge in [0.25, 0.3) is 17.7 Å². The van der Waals surface area contributed by atoms with Crippen LogP contribution in [-0.2, 0) is 9.59 Å². The first kappa shape index (κ1) is 14.1. The fourth-order valence-corrected chi connectivity index (χ4v) is 3.17. The van der Waals surface area contributed by atoms with Crippen LogP contribution in [0.15, 0.2) is 24.3 Å². The quantitative estimate of drug-likeness (QED) is 0.852. The number of rotatable bonds is 2. The molecule has 2 fully saturated rings. The van der Waals surface area contributed by atoms with Crippen LogP contribution in [0.3, 0.4) is 0 Å². The van der Waals surface area contributed by atoms with Crippen molar-refractivity contribution in [1.29, 1.82) is 0 Å². The van der Waals surface area contributed by atoms with Crippen molar-refractivity contribution in [1.82, 2.24) is 10.4 Å². The number of halogens is 1. The number of carbonyl (C=O) groups is 3. The van der Waals surface area contributed by atoms with Gasteiger partial charge in [0.15, 0.2) is 0 Å². The van der Waals surface area contributed by atoms with E-state index in [2.05, 4.69) is 5.43 Å². The normalized spacial score (nSPS) is 24.9. The SMILES string of the molecule is O=C(NN1C(=O)[C@@H]2CCCC[C@H]2C1=O)c1ccc(Cl)cc1. The van der Waals surface area contributed by atoms with E-state index < -0.39 is 5.91 Å². The second-order valence-corrected chi connectivity index (χ2v) is 5.89. The minimum atomic E-state index is -0.480. The van der Waals surface area contributed by atoms with Crippen molar-refractivity contribution in [3.8, 4) is 0 Å². The minimum Gasteiger partial charge on any atom is -0.272 e. The van der Waals surface area contributed by atoms with Crippen LogP contribution in [0.4, 0.5) is 0 Å². The molecular weight excluding hydrogens is 292 g/mol. The zero-order valence-corrected chi connectivity index (χ0v) is 12.1. The molecule has 1 heterocycles. The summed E-state index contributed by atoms with van der Waals surface area (Å²) >= 11 is 5.77. The molecule has 1 aromatic carbocycles. The Morgan fingerprint density at radius 3 is 2.10 bits per heavy atom. The molecule has 1 saturated carbocycles. The van der Waals surface area contributed by atoms with Gasteiger partial charge < -0.3 is 0 Å². The highest BCUT2D eigenvalue weighted by Gasteiger charge is 2.49. The Hall–Kier alpha value is -1.88. The Morgan fingerprint density at radius 1 is 1.05 bits per heavy atom. The Morgan fingerprint density at radius 2 is 1.57 bits per heavy atom. The van der Waals surface area contributed by atoms with Crippen LogP contribution in [0.1, 0.15) is 36.0 Å². The van der Waals surface area contributed by atoms with Gasteiger partial charge in [-0.1, -0.05) is 24.4 Å². The van der Waals surface area contributed by atoms with Crippen molar-refractivity contribution in [2.24, 2.45) is 11.8 Å². The molecule has 1 aromatic rings. The largest absolute Gasteiger partial charge is 0.272 e. The van der Waals surface area contributed by atoms with Crippen molar-refractivity contribution in [3.05, 3.63) is 34.9 Å². The molecule has 2 atom stereocenters. The van der Waals surface area contributed by atoms with E-state index in [1.54, 1.807) is 24.3 Å². The number of benzene rings is 1. The minimum absolute atomic E-state index is 0.267. The third-order valence-electron chi connectivity index (χ3n) is 4.16. The zero-order valence-electron chi connectivity index (χ0n) is 11.3. The molecule has 21 heavy (non-hydrogen) atoms. The lowest BCUT2D eigenvalue weighted by atomic mass is 9.81. The van der Waals surface area contributed by atoms with E-state index in [1.807, 2.05) is 0 Å². The highest BCUT2D eigenvalue weighted by Crippen LogP contribution is 2.37. The molecule has 6 heteroatoms. The highest BCUT2D eigenvalue weighted by atomic mass is 35.5. The molecule has 0 spiro atoms. The van der Waals surface area contributed by atoms with Gasteiger partial charge in [-0.05, 0) is 37.1 Å². The molecule has 0 radical (unpaired) electrons. The van der Waals surface area contributed by atoms with Gasteiger partial charge in [-0.25, -0.2) is 0 Å². The number of nitrogens with one attached hydrogen (secondary N) is 1. The Kier molecular flexibility index (Phi) is 3.68. The van der Waals surface area contributed by atoms with Gasteiger partial charge in [-0.15, -0.1) is 0 Å². The molecule has 110 valence electrons. The number of amides is 3. The van der Waals surface area contributed by atoms with Crippen LogP contribution < -0.4 is 5.43 Å². The lowest BCUT2D eigenvalue weighted by Crippen LogP contribution is -2.46. The number of hydrazine groups is 1. The van der Waals surface area contributed by atoms with Crippen LogP contribution in [0.5, 0.6) is 0 Å². The van der Waals surface area contributed by atoms with E-state index >= 15 is 0 Å². The maximum absolute atomic E-state index is 12.2. The lowest BCUT2D eigenvalue weighted by Gasteiger charge is -2.19. The van der Waals surface area contributed by atoms with E-state index in [1.165, 1.54) is 0 Å². The number of nitrogens with zero attached hydrogens (tertiary/aromatic N) is 1. The van der Waals surface area contributed by atoms with E-state index in [0.717, 1.165) is 30.7 Å². The molecular formula is C15H15ClN2O3. The fourth-order valence-electron chi connectivity index (χ4n) is 3.04. The summed E-state index contributed by atoms with van der Waals surface area (Å²) in [5.41, 5.74) is 2.78. The Bertz CT molecular complexity index is 575. The van der Waals surface area contributed by atoms with Crippen molar-refractivity contribution in [2.45, 2.75) is 25.7 Å². The third kappa shape index (κ3) is 2.53. The van der Waals surface area contributed by atoms with Gasteiger partial charge in [0.2, 0.25) is 0 Å². The molecule has 1 aliphatic carbocycles. The first-order valence-electron chi connectivity index (χ1n) is 7.02. The van der Waals surface area contributed by atoms with E-state index in [4.69, 9.17) is 11.6 Å². The molecule has 1 N–H and O–H groups in total. The average molecular weight is 307 g/mol. The Balaban J connectivity index is 1.75. The van der Waals surface area contributed by atoms with Gasteiger partial charge >= 0.3 is 0 Å². The molecule has 0 aromatic heterocycles. The summed E-state index contributed by atoms with van der Waals surface area (Å²) < 4.78 is 0. The second kappa shape index (κ2) is 5.48. The predicted octanol–water partition coefficient (Wildman–Crippen LogP) is 2.16. The maximum Gasteiger partial charge on any atom is 0.270 e. The van der Waals surface area contributed by atoms with Crippen LogP contribution in [0, 0.1) is 11.8 Å². The maximum atomic E-state index is 12.2. The average Bonchev–Trinajstić information content (AvgIpc) is 2.73. The van der Waals surface area contributed by atoms with Gasteiger partial charge in [-0.3, -0.25) is 19.8 Å². The summed E-state index contributed by atoms with van der Waals surface area (Å²) in [5.74, 6) is -1.58. The molecule has 0 unspecified atom stereocenters. The van der Waals surface area contributed by atoms with Crippen LogP contribution in [0.25, 0.3) is 0 Å². The first-order valence-corrected chi connectivity index (χ1v) is 7.40. The van der Waals surface area contributed by atoms with E-state index in [9.17, 15) is 14.4 Å². The van der Waals surface area contributed by atoms with Crippen LogP contribution >= 0.6 is 11.6 Å². The Labute approximate surface area is 127 Å². The molecule has 2 aliphatic rings. The summed E-state index contributed by atoms with van der Waals surface area (Å²) in [5, 5.41) is 1.42. The molecule has 5 nitrogen and oxygen atoms in total. The van der Waals surface area contributed by atoms with Gasteiger partial charge in [0, 0.05) is 10.6 Å². The summed E-state index contributed by atoms with van der Waals surface area (Å²) in [7, 11) is 0. The molecule has 1 aliphatic heterocycles. The van der Waals surface area contributed by atoms with Gasteiger partial charge in [0.1, 0.15) is 0 Å². The monoisotopic (exact) mass is 306 g/mol. The topological polar surface area (TPSA) is 66.5 Å². The summed E-state index contributed by atoms with van der Waals surface area (Å²) in [4.78, 5) is 36.6. The standard InChI is InChI=1S/C15H15ClN2O3/c16-10-7-5-9(6-8-10)13(19)17-18-14(20)11-3-1-2-4-12(11)15(18)21/h5-8,11-12H,1-4H2,(H,17,19)/t11-,12-/m1/s1. The summed E-state index contributed by atoms with van der Waals surface area (Å²) in [6.45, 7) is 0. The molecule has 1 saturated heterocycles. The van der Waals surface area contributed by atoms with Crippen molar-refractivity contribution in [3.63, 3.8) is 0 Å². The summed E-state index contributed by atoms with van der Waals surface area (Å²) in [6.07, 6.45) is 3.36. The fraction of sp³-hybridized carbons (Fsp3) is 0.400. The molecule has 0 bridgehead atoms. The number of hydrogen-bond acceptors (Lipinski definition) is 3. The van der Waals surface area contributed by atoms with Gasteiger partial charge in [0.05, 0.1) is 11.8 Å². The van der Waals surface area contributed by atoms with E-state index in [-0.39, 0.29) is 23.7 Å². The molecule has 3 rings (SSSR count). The number of imide groups is 1. The predicted molar refractivity (Wildman–Crippen MR) is 76.2 cm³/mol. The van der Waals surface area contributed by atoms with Crippen LogP contribution in [0.2, 0.25) is 5.02 Å². The second-order valence-electron chi connectivity index (χ2n) is 5.46. The highest BCUT2D eigenvalue weighted by molar-refractivity contribution is 6.30. The number of fused-ring (bicyclic) bond motifs is 1. The smallest absolute Gasteiger partial charge is 0.270 e.